The highest BCUT2D eigenvalue weighted by Crippen LogP contribution is 2.20. The van der Waals surface area contributed by atoms with E-state index in [-0.39, 0.29) is 18.3 Å². The fourth-order valence-electron chi connectivity index (χ4n) is 3.35. The molecule has 0 aliphatic rings. The number of nitrogens with one attached hydrogen (secondary N) is 2. The SMILES string of the molecule is CN(CC(=O)NNC(=O)c1nc(-c2ccccc2)n(-c2ccccc2)n1)Cc1ccccc1. The lowest BCUT2D eigenvalue weighted by molar-refractivity contribution is -0.122. The molecule has 2 N–H and O–H groups in total. The molecule has 0 spiro atoms. The Kier molecular flexibility index (Phi) is 6.87. The van der Waals surface area contributed by atoms with Crippen LogP contribution < -0.4 is 10.9 Å². The van der Waals surface area contributed by atoms with E-state index in [2.05, 4.69) is 20.9 Å². The van der Waals surface area contributed by atoms with Crippen LogP contribution in [-0.2, 0) is 11.3 Å². The first-order valence-electron chi connectivity index (χ1n) is 10.5. The van der Waals surface area contributed by atoms with Crippen molar-refractivity contribution in [2.24, 2.45) is 0 Å². The first-order valence-corrected chi connectivity index (χ1v) is 10.5. The minimum Gasteiger partial charge on any atom is -0.293 e. The van der Waals surface area contributed by atoms with E-state index < -0.39 is 5.91 Å². The number of likely N-dealkylation sites (N-methyl/N-ethyl adjacent to an activating group) is 1. The second-order valence-corrected chi connectivity index (χ2v) is 7.53. The molecule has 0 saturated carbocycles. The molecule has 4 rings (SSSR count). The summed E-state index contributed by atoms with van der Waals surface area (Å²) in [4.78, 5) is 31.2. The topological polar surface area (TPSA) is 92.2 Å². The van der Waals surface area contributed by atoms with Crippen molar-refractivity contribution < 1.29 is 9.59 Å². The first-order chi connectivity index (χ1) is 16.1. The number of carbonyl (C=O) groups excluding carboxylic acids is 2. The second kappa shape index (κ2) is 10.3. The standard InChI is InChI=1S/C25H24N6O2/c1-30(17-19-11-5-2-6-12-19)18-22(32)27-28-25(33)23-26-24(20-13-7-3-8-14-20)31(29-23)21-15-9-4-10-16-21/h2-16H,17-18H2,1H3,(H,27,32)(H,28,33). The summed E-state index contributed by atoms with van der Waals surface area (Å²) in [5.41, 5.74) is 7.53. The van der Waals surface area contributed by atoms with Crippen LogP contribution in [0.5, 0.6) is 0 Å². The van der Waals surface area contributed by atoms with Crippen molar-refractivity contribution in [3.8, 4) is 17.1 Å². The van der Waals surface area contributed by atoms with Gasteiger partial charge in [0.1, 0.15) is 0 Å². The van der Waals surface area contributed by atoms with Gasteiger partial charge < -0.3 is 0 Å². The van der Waals surface area contributed by atoms with Gasteiger partial charge in [-0.25, -0.2) is 9.67 Å². The van der Waals surface area contributed by atoms with E-state index in [1.165, 1.54) is 0 Å². The Bertz CT molecular complexity index is 1150. The summed E-state index contributed by atoms with van der Waals surface area (Å²) in [5.74, 6) is -0.454. The molecule has 166 valence electrons. The molecule has 3 aromatic carbocycles. The van der Waals surface area contributed by atoms with Gasteiger partial charge in [-0.1, -0.05) is 78.9 Å². The molecule has 1 heterocycles. The molecule has 0 fully saturated rings. The Morgan fingerprint density at radius 3 is 2.12 bits per heavy atom. The van der Waals surface area contributed by atoms with E-state index >= 15 is 0 Å². The van der Waals surface area contributed by atoms with Crippen LogP contribution >= 0.6 is 0 Å². The van der Waals surface area contributed by atoms with E-state index in [0.717, 1.165) is 16.8 Å². The highest BCUT2D eigenvalue weighted by atomic mass is 16.2. The summed E-state index contributed by atoms with van der Waals surface area (Å²) in [6.07, 6.45) is 0. The number of amides is 2. The molecule has 2 amide bonds. The number of rotatable bonds is 7. The molecule has 0 atom stereocenters. The number of benzene rings is 3. The summed E-state index contributed by atoms with van der Waals surface area (Å²) >= 11 is 0. The third-order valence-corrected chi connectivity index (χ3v) is 4.87. The second-order valence-electron chi connectivity index (χ2n) is 7.53. The Morgan fingerprint density at radius 1 is 0.848 bits per heavy atom. The minimum absolute atomic E-state index is 0.0457. The van der Waals surface area contributed by atoms with Crippen molar-refractivity contribution >= 4 is 11.8 Å². The number of para-hydroxylation sites is 1. The van der Waals surface area contributed by atoms with Crippen LogP contribution in [0.15, 0.2) is 91.0 Å². The molecule has 0 saturated heterocycles. The molecule has 1 aromatic heterocycles. The molecule has 0 aliphatic carbocycles. The Hall–Kier alpha value is -4.30. The van der Waals surface area contributed by atoms with E-state index in [0.29, 0.717) is 12.4 Å². The number of aromatic nitrogens is 3. The average Bonchev–Trinajstić information content (AvgIpc) is 3.30. The largest absolute Gasteiger partial charge is 0.309 e. The lowest BCUT2D eigenvalue weighted by atomic mass is 10.2. The Labute approximate surface area is 191 Å². The van der Waals surface area contributed by atoms with Gasteiger partial charge in [-0.3, -0.25) is 25.3 Å². The van der Waals surface area contributed by atoms with Gasteiger partial charge in [0.05, 0.1) is 12.2 Å². The minimum atomic E-state index is -0.596. The van der Waals surface area contributed by atoms with E-state index in [1.807, 2.05) is 103 Å². The van der Waals surface area contributed by atoms with Gasteiger partial charge in [0.15, 0.2) is 5.82 Å². The van der Waals surface area contributed by atoms with E-state index in [4.69, 9.17) is 0 Å². The third-order valence-electron chi connectivity index (χ3n) is 4.87. The van der Waals surface area contributed by atoms with Gasteiger partial charge in [0.25, 0.3) is 5.91 Å². The quantitative estimate of drug-likeness (QED) is 0.431. The Morgan fingerprint density at radius 2 is 1.45 bits per heavy atom. The molecular formula is C25H24N6O2. The van der Waals surface area contributed by atoms with Crippen LogP contribution in [0.3, 0.4) is 0 Å². The molecular weight excluding hydrogens is 416 g/mol. The van der Waals surface area contributed by atoms with Crippen molar-refractivity contribution in [1.29, 1.82) is 0 Å². The normalized spacial score (nSPS) is 10.7. The number of carbonyl (C=O) groups is 2. The van der Waals surface area contributed by atoms with Gasteiger partial charge in [0.2, 0.25) is 5.82 Å². The summed E-state index contributed by atoms with van der Waals surface area (Å²) in [5, 5.41) is 4.38. The number of hydrogen-bond donors (Lipinski definition) is 2. The van der Waals surface area contributed by atoms with E-state index in [9.17, 15) is 9.59 Å². The lowest BCUT2D eigenvalue weighted by Gasteiger charge is -2.16. The molecule has 0 unspecified atom stereocenters. The predicted octanol–water partition coefficient (Wildman–Crippen LogP) is 2.83. The number of hydrogen-bond acceptors (Lipinski definition) is 5. The van der Waals surface area contributed by atoms with Gasteiger partial charge in [-0.15, -0.1) is 5.10 Å². The molecule has 0 radical (unpaired) electrons. The number of hydrazine groups is 1. The van der Waals surface area contributed by atoms with Crippen LogP contribution in [0.4, 0.5) is 0 Å². The lowest BCUT2D eigenvalue weighted by Crippen LogP contribution is -2.46. The maximum Gasteiger partial charge on any atom is 0.309 e. The predicted molar refractivity (Wildman–Crippen MR) is 125 cm³/mol. The molecule has 4 aromatic rings. The molecule has 0 bridgehead atoms. The van der Waals surface area contributed by atoms with Crippen molar-refractivity contribution in [2.45, 2.75) is 6.54 Å². The van der Waals surface area contributed by atoms with Crippen molar-refractivity contribution in [3.63, 3.8) is 0 Å². The van der Waals surface area contributed by atoms with Crippen LogP contribution in [0.2, 0.25) is 0 Å². The molecule has 8 heteroatoms. The van der Waals surface area contributed by atoms with Crippen LogP contribution in [-0.4, -0.2) is 45.1 Å². The maximum absolute atomic E-state index is 12.7. The van der Waals surface area contributed by atoms with Gasteiger partial charge >= 0.3 is 5.91 Å². The third kappa shape index (κ3) is 5.69. The highest BCUT2D eigenvalue weighted by Gasteiger charge is 2.19. The van der Waals surface area contributed by atoms with Gasteiger partial charge in [-0.05, 0) is 24.7 Å². The summed E-state index contributed by atoms with van der Waals surface area (Å²) < 4.78 is 1.61. The average molecular weight is 441 g/mol. The highest BCUT2D eigenvalue weighted by molar-refractivity contribution is 5.92. The summed E-state index contributed by atoms with van der Waals surface area (Å²) in [6, 6.07) is 28.8. The smallest absolute Gasteiger partial charge is 0.293 e. The van der Waals surface area contributed by atoms with Crippen LogP contribution in [0, 0.1) is 0 Å². The first kappa shape index (κ1) is 21.9. The number of nitrogens with zero attached hydrogens (tertiary/aromatic N) is 4. The zero-order valence-corrected chi connectivity index (χ0v) is 18.2. The van der Waals surface area contributed by atoms with Crippen molar-refractivity contribution in [1.82, 2.24) is 30.5 Å². The Balaban J connectivity index is 1.43. The maximum atomic E-state index is 12.7. The van der Waals surface area contributed by atoms with Gasteiger partial charge in [-0.2, -0.15) is 0 Å². The molecule has 8 nitrogen and oxygen atoms in total. The van der Waals surface area contributed by atoms with E-state index in [1.54, 1.807) is 4.68 Å². The monoisotopic (exact) mass is 440 g/mol. The van der Waals surface area contributed by atoms with Crippen LogP contribution in [0.1, 0.15) is 16.2 Å². The zero-order valence-electron chi connectivity index (χ0n) is 18.2. The fraction of sp³-hybridized carbons (Fsp3) is 0.120. The summed E-state index contributed by atoms with van der Waals surface area (Å²) in [7, 11) is 1.84. The van der Waals surface area contributed by atoms with Gasteiger partial charge in [0, 0.05) is 12.1 Å². The van der Waals surface area contributed by atoms with Crippen molar-refractivity contribution in [2.75, 3.05) is 13.6 Å². The molecule has 0 aliphatic heterocycles. The molecule has 33 heavy (non-hydrogen) atoms. The summed E-state index contributed by atoms with van der Waals surface area (Å²) in [6.45, 7) is 0.738. The zero-order chi connectivity index (χ0) is 23.0. The van der Waals surface area contributed by atoms with Crippen molar-refractivity contribution in [3.05, 3.63) is 102 Å². The fourth-order valence-corrected chi connectivity index (χ4v) is 3.35. The van der Waals surface area contributed by atoms with Crippen LogP contribution in [0.25, 0.3) is 17.1 Å².